The highest BCUT2D eigenvalue weighted by Gasteiger charge is 2.31. The number of halogens is 1. The molecule has 1 aliphatic carbocycles. The van der Waals surface area contributed by atoms with Gasteiger partial charge in [0.2, 0.25) is 0 Å². The maximum absolute atomic E-state index is 4.25. The van der Waals surface area contributed by atoms with Gasteiger partial charge in [-0.05, 0) is 46.3 Å². The molecular weight excluding hydrogens is 228 g/mol. The number of rotatable bonds is 3. The zero-order chi connectivity index (χ0) is 9.26. The molecule has 3 heteroatoms. The molecule has 0 saturated heterocycles. The third-order valence-electron chi connectivity index (χ3n) is 2.57. The van der Waals surface area contributed by atoms with Gasteiger partial charge in [0.05, 0.1) is 4.47 Å². The Hall–Kier alpha value is -0.570. The number of anilines is 1. The molecule has 1 N–H and O–H groups in total. The molecule has 2 rings (SSSR count). The van der Waals surface area contributed by atoms with Gasteiger partial charge in [-0.3, -0.25) is 0 Å². The first kappa shape index (κ1) is 9.00. The van der Waals surface area contributed by atoms with Crippen LogP contribution in [0.4, 0.5) is 5.82 Å². The molecule has 0 amide bonds. The highest BCUT2D eigenvalue weighted by Crippen LogP contribution is 2.37. The third-order valence-corrected chi connectivity index (χ3v) is 3.21. The minimum Gasteiger partial charge on any atom is -0.369 e. The maximum atomic E-state index is 4.25. The number of nitrogens with one attached hydrogen (secondary N) is 1. The summed E-state index contributed by atoms with van der Waals surface area (Å²) in [6.45, 7) is 3.34. The van der Waals surface area contributed by atoms with Crippen LogP contribution in [0.15, 0.2) is 22.8 Å². The van der Waals surface area contributed by atoms with E-state index in [0.717, 1.165) is 28.7 Å². The lowest BCUT2D eigenvalue weighted by Crippen LogP contribution is -2.06. The molecule has 1 aliphatic rings. The van der Waals surface area contributed by atoms with E-state index in [9.17, 15) is 0 Å². The molecule has 70 valence electrons. The summed E-state index contributed by atoms with van der Waals surface area (Å²) in [7, 11) is 0. The van der Waals surface area contributed by atoms with Gasteiger partial charge in [0.15, 0.2) is 0 Å². The monoisotopic (exact) mass is 240 g/mol. The number of aromatic nitrogens is 1. The second kappa shape index (κ2) is 3.66. The van der Waals surface area contributed by atoms with Crippen molar-refractivity contribution in [2.75, 3.05) is 11.9 Å². The van der Waals surface area contributed by atoms with Gasteiger partial charge in [0, 0.05) is 12.7 Å². The predicted molar refractivity (Wildman–Crippen MR) is 57.7 cm³/mol. The first-order valence-corrected chi connectivity index (χ1v) is 5.41. The molecule has 0 aromatic carbocycles. The summed E-state index contributed by atoms with van der Waals surface area (Å²) in [5.41, 5.74) is 0. The molecular formula is C10H13BrN2. The number of nitrogens with zero attached hydrogens (tertiary/aromatic N) is 1. The summed E-state index contributed by atoms with van der Waals surface area (Å²) < 4.78 is 1.04. The van der Waals surface area contributed by atoms with E-state index in [2.05, 4.69) is 33.2 Å². The van der Waals surface area contributed by atoms with E-state index >= 15 is 0 Å². The fraction of sp³-hybridized carbons (Fsp3) is 0.500. The lowest BCUT2D eigenvalue weighted by atomic mass is 10.3. The van der Waals surface area contributed by atoms with Crippen molar-refractivity contribution < 1.29 is 0 Å². The Bertz CT molecular complexity index is 301. The first-order chi connectivity index (χ1) is 6.27. The lowest BCUT2D eigenvalue weighted by Gasteiger charge is -2.05. The van der Waals surface area contributed by atoms with Gasteiger partial charge in [-0.1, -0.05) is 6.92 Å². The highest BCUT2D eigenvalue weighted by atomic mass is 79.9. The molecule has 1 saturated carbocycles. The first-order valence-electron chi connectivity index (χ1n) is 4.62. The highest BCUT2D eigenvalue weighted by molar-refractivity contribution is 9.10. The molecule has 0 radical (unpaired) electrons. The van der Waals surface area contributed by atoms with Crippen molar-refractivity contribution in [3.05, 3.63) is 22.8 Å². The molecule has 2 unspecified atom stereocenters. The molecule has 13 heavy (non-hydrogen) atoms. The summed E-state index contributed by atoms with van der Waals surface area (Å²) in [6.07, 6.45) is 3.17. The SMILES string of the molecule is CC1CC1CNc1ncccc1Br. The largest absolute Gasteiger partial charge is 0.369 e. The van der Waals surface area contributed by atoms with Crippen LogP contribution in [-0.2, 0) is 0 Å². The van der Waals surface area contributed by atoms with Crippen molar-refractivity contribution in [1.82, 2.24) is 4.98 Å². The van der Waals surface area contributed by atoms with Crippen molar-refractivity contribution in [2.45, 2.75) is 13.3 Å². The van der Waals surface area contributed by atoms with Crippen LogP contribution in [0.3, 0.4) is 0 Å². The van der Waals surface area contributed by atoms with E-state index in [0.29, 0.717) is 0 Å². The van der Waals surface area contributed by atoms with Gasteiger partial charge in [0.25, 0.3) is 0 Å². The second-order valence-electron chi connectivity index (χ2n) is 3.69. The Labute approximate surface area is 86.9 Å². The summed E-state index contributed by atoms with van der Waals surface area (Å²) in [5, 5.41) is 3.35. The second-order valence-corrected chi connectivity index (χ2v) is 4.54. The molecule has 1 aromatic heterocycles. The van der Waals surface area contributed by atoms with Crippen LogP contribution in [0.25, 0.3) is 0 Å². The molecule has 0 aliphatic heterocycles. The zero-order valence-corrected chi connectivity index (χ0v) is 9.21. The minimum atomic E-state index is 0.855. The van der Waals surface area contributed by atoms with Gasteiger partial charge in [-0.15, -0.1) is 0 Å². The number of hydrogen-bond donors (Lipinski definition) is 1. The smallest absolute Gasteiger partial charge is 0.140 e. The molecule has 2 atom stereocenters. The van der Waals surface area contributed by atoms with Crippen molar-refractivity contribution in [2.24, 2.45) is 11.8 Å². The standard InChI is InChI=1S/C10H13BrN2/c1-7-5-8(7)6-13-10-9(11)3-2-4-12-10/h2-4,7-8H,5-6H2,1H3,(H,12,13). The fourth-order valence-electron chi connectivity index (χ4n) is 1.43. The number of hydrogen-bond acceptors (Lipinski definition) is 2. The summed E-state index contributed by atoms with van der Waals surface area (Å²) >= 11 is 3.46. The maximum Gasteiger partial charge on any atom is 0.140 e. The molecule has 0 bridgehead atoms. The average Bonchev–Trinajstić information content (AvgIpc) is 2.81. The molecule has 1 heterocycles. The molecule has 2 nitrogen and oxygen atoms in total. The van der Waals surface area contributed by atoms with Crippen LogP contribution in [0.1, 0.15) is 13.3 Å². The van der Waals surface area contributed by atoms with E-state index in [1.807, 2.05) is 18.3 Å². The summed E-state index contributed by atoms with van der Waals surface area (Å²) in [5.74, 6) is 2.71. The Balaban J connectivity index is 1.90. The average molecular weight is 241 g/mol. The fourth-order valence-corrected chi connectivity index (χ4v) is 1.82. The molecule has 1 fully saturated rings. The van der Waals surface area contributed by atoms with Crippen molar-refractivity contribution in [3.63, 3.8) is 0 Å². The van der Waals surface area contributed by atoms with Crippen LogP contribution < -0.4 is 5.32 Å². The molecule has 1 aromatic rings. The summed E-state index contributed by atoms with van der Waals surface area (Å²) in [4.78, 5) is 4.25. The van der Waals surface area contributed by atoms with E-state index in [1.165, 1.54) is 6.42 Å². The van der Waals surface area contributed by atoms with Gasteiger partial charge in [-0.25, -0.2) is 4.98 Å². The normalized spacial score (nSPS) is 25.7. The van der Waals surface area contributed by atoms with Crippen LogP contribution in [-0.4, -0.2) is 11.5 Å². The third kappa shape index (κ3) is 2.21. The van der Waals surface area contributed by atoms with Crippen molar-refractivity contribution >= 4 is 21.7 Å². The van der Waals surface area contributed by atoms with Crippen LogP contribution in [0, 0.1) is 11.8 Å². The Kier molecular flexibility index (Phi) is 2.54. The van der Waals surface area contributed by atoms with Crippen molar-refractivity contribution in [1.29, 1.82) is 0 Å². The number of pyridine rings is 1. The zero-order valence-electron chi connectivity index (χ0n) is 7.63. The van der Waals surface area contributed by atoms with Crippen LogP contribution in [0.2, 0.25) is 0 Å². The molecule has 0 spiro atoms. The van der Waals surface area contributed by atoms with Gasteiger partial charge in [0.1, 0.15) is 5.82 Å². The van der Waals surface area contributed by atoms with Crippen LogP contribution in [0.5, 0.6) is 0 Å². The Morgan fingerprint density at radius 1 is 1.69 bits per heavy atom. The van der Waals surface area contributed by atoms with Crippen LogP contribution >= 0.6 is 15.9 Å². The topological polar surface area (TPSA) is 24.9 Å². The van der Waals surface area contributed by atoms with E-state index in [-0.39, 0.29) is 0 Å². The van der Waals surface area contributed by atoms with E-state index in [4.69, 9.17) is 0 Å². The van der Waals surface area contributed by atoms with E-state index < -0.39 is 0 Å². The van der Waals surface area contributed by atoms with Gasteiger partial charge in [-0.2, -0.15) is 0 Å². The van der Waals surface area contributed by atoms with E-state index in [1.54, 1.807) is 0 Å². The minimum absolute atomic E-state index is 0.855. The van der Waals surface area contributed by atoms with Crippen molar-refractivity contribution in [3.8, 4) is 0 Å². The summed E-state index contributed by atoms with van der Waals surface area (Å²) in [6, 6.07) is 3.93. The predicted octanol–water partition coefficient (Wildman–Crippen LogP) is 2.91. The van der Waals surface area contributed by atoms with Gasteiger partial charge >= 0.3 is 0 Å². The lowest BCUT2D eigenvalue weighted by molar-refractivity contribution is 0.784. The Morgan fingerprint density at radius 2 is 2.46 bits per heavy atom. The van der Waals surface area contributed by atoms with Gasteiger partial charge < -0.3 is 5.32 Å². The Morgan fingerprint density at radius 3 is 3.08 bits per heavy atom. The quantitative estimate of drug-likeness (QED) is 0.880.